The number of benzene rings is 1. The molecule has 0 aliphatic carbocycles. The largest absolute Gasteiger partial charge is 0.494 e. The molecule has 1 aromatic carbocycles. The predicted octanol–water partition coefficient (Wildman–Crippen LogP) is 2.77. The Hall–Kier alpha value is -1.69. The molecule has 3 nitrogen and oxygen atoms in total. The maximum Gasteiger partial charge on any atom is 0.120 e. The summed E-state index contributed by atoms with van der Waals surface area (Å²) in [4.78, 5) is 0. The first kappa shape index (κ1) is 11.4. The smallest absolute Gasteiger partial charge is 0.120 e. The molecule has 0 spiro atoms. The van der Waals surface area contributed by atoms with Gasteiger partial charge in [-0.05, 0) is 38.1 Å². The Morgan fingerprint density at radius 1 is 1.27 bits per heavy atom. The number of nitriles is 1. The molecule has 1 atom stereocenters. The third-order valence-corrected chi connectivity index (χ3v) is 1.85. The van der Waals surface area contributed by atoms with Crippen LogP contribution in [0.5, 0.6) is 11.5 Å². The van der Waals surface area contributed by atoms with E-state index < -0.39 is 0 Å². The van der Waals surface area contributed by atoms with Gasteiger partial charge in [-0.1, -0.05) is 0 Å². The minimum atomic E-state index is -0.0760. The van der Waals surface area contributed by atoms with E-state index >= 15 is 0 Å². The zero-order valence-electron chi connectivity index (χ0n) is 9.06. The SMILES string of the molecule is CCOc1ccc(OC(C)CC#N)cc1. The summed E-state index contributed by atoms with van der Waals surface area (Å²) < 4.78 is 10.8. The van der Waals surface area contributed by atoms with Crippen molar-refractivity contribution >= 4 is 0 Å². The van der Waals surface area contributed by atoms with Gasteiger partial charge in [0.15, 0.2) is 0 Å². The van der Waals surface area contributed by atoms with E-state index in [-0.39, 0.29) is 6.10 Å². The fourth-order valence-electron chi connectivity index (χ4n) is 1.18. The Labute approximate surface area is 90.2 Å². The van der Waals surface area contributed by atoms with E-state index in [2.05, 4.69) is 6.07 Å². The zero-order chi connectivity index (χ0) is 11.1. The van der Waals surface area contributed by atoms with Crippen LogP contribution in [0.25, 0.3) is 0 Å². The summed E-state index contributed by atoms with van der Waals surface area (Å²) in [6.45, 7) is 4.48. The average molecular weight is 205 g/mol. The van der Waals surface area contributed by atoms with Crippen molar-refractivity contribution < 1.29 is 9.47 Å². The van der Waals surface area contributed by atoms with Gasteiger partial charge in [0.05, 0.1) is 19.1 Å². The number of rotatable bonds is 5. The molecule has 0 saturated carbocycles. The zero-order valence-corrected chi connectivity index (χ0v) is 9.06. The molecule has 0 heterocycles. The second kappa shape index (κ2) is 5.92. The van der Waals surface area contributed by atoms with Crippen LogP contribution in [0.2, 0.25) is 0 Å². The predicted molar refractivity (Wildman–Crippen MR) is 57.9 cm³/mol. The lowest BCUT2D eigenvalue weighted by atomic mass is 10.3. The summed E-state index contributed by atoms with van der Waals surface area (Å²) in [6, 6.07) is 9.48. The Kier molecular flexibility index (Phi) is 4.49. The molecular weight excluding hydrogens is 190 g/mol. The molecule has 0 amide bonds. The fourth-order valence-corrected chi connectivity index (χ4v) is 1.18. The third-order valence-electron chi connectivity index (χ3n) is 1.85. The van der Waals surface area contributed by atoms with Gasteiger partial charge in [-0.15, -0.1) is 0 Å². The first-order valence-corrected chi connectivity index (χ1v) is 5.02. The van der Waals surface area contributed by atoms with Crippen molar-refractivity contribution in [3.8, 4) is 17.6 Å². The van der Waals surface area contributed by atoms with E-state index in [4.69, 9.17) is 14.7 Å². The van der Waals surface area contributed by atoms with Gasteiger partial charge >= 0.3 is 0 Å². The van der Waals surface area contributed by atoms with Crippen molar-refractivity contribution in [1.29, 1.82) is 5.26 Å². The Morgan fingerprint density at radius 2 is 1.87 bits per heavy atom. The summed E-state index contributed by atoms with van der Waals surface area (Å²) in [6.07, 6.45) is 0.320. The molecule has 80 valence electrons. The standard InChI is InChI=1S/C12H15NO2/c1-3-14-11-4-6-12(7-5-11)15-10(2)8-9-13/h4-7,10H,3,8H2,1-2H3. The molecule has 0 aliphatic heterocycles. The highest BCUT2D eigenvalue weighted by molar-refractivity contribution is 5.31. The molecule has 0 saturated heterocycles. The van der Waals surface area contributed by atoms with Gasteiger partial charge in [-0.25, -0.2) is 0 Å². The van der Waals surface area contributed by atoms with Crippen molar-refractivity contribution in [1.82, 2.24) is 0 Å². The van der Waals surface area contributed by atoms with Gasteiger partial charge < -0.3 is 9.47 Å². The molecule has 1 rings (SSSR count). The Balaban J connectivity index is 2.53. The topological polar surface area (TPSA) is 42.2 Å². The summed E-state index contributed by atoms with van der Waals surface area (Å²) in [7, 11) is 0. The lowest BCUT2D eigenvalue weighted by Crippen LogP contribution is -2.10. The average Bonchev–Trinajstić information content (AvgIpc) is 2.22. The molecule has 3 heteroatoms. The van der Waals surface area contributed by atoms with Gasteiger partial charge in [-0.3, -0.25) is 0 Å². The Morgan fingerprint density at radius 3 is 2.40 bits per heavy atom. The molecule has 15 heavy (non-hydrogen) atoms. The molecule has 1 unspecified atom stereocenters. The summed E-state index contributed by atoms with van der Waals surface area (Å²) >= 11 is 0. The van der Waals surface area contributed by atoms with Crippen LogP contribution in [0.4, 0.5) is 0 Å². The van der Waals surface area contributed by atoms with E-state index in [1.54, 1.807) is 0 Å². The highest BCUT2D eigenvalue weighted by atomic mass is 16.5. The third kappa shape index (κ3) is 3.90. The van der Waals surface area contributed by atoms with Crippen molar-refractivity contribution in [3.05, 3.63) is 24.3 Å². The maximum atomic E-state index is 8.48. The van der Waals surface area contributed by atoms with Gasteiger partial charge in [-0.2, -0.15) is 5.26 Å². The van der Waals surface area contributed by atoms with Crippen LogP contribution in [0, 0.1) is 11.3 Å². The van der Waals surface area contributed by atoms with Gasteiger partial charge in [0, 0.05) is 0 Å². The van der Waals surface area contributed by atoms with Crippen molar-refractivity contribution in [3.63, 3.8) is 0 Å². The molecule has 0 radical (unpaired) electrons. The fraction of sp³-hybridized carbons (Fsp3) is 0.417. The molecule has 0 aliphatic rings. The van der Waals surface area contributed by atoms with Crippen LogP contribution in [0.15, 0.2) is 24.3 Å². The van der Waals surface area contributed by atoms with Gasteiger partial charge in [0.1, 0.15) is 17.6 Å². The quantitative estimate of drug-likeness (QED) is 0.742. The number of nitrogens with zero attached hydrogens (tertiary/aromatic N) is 1. The van der Waals surface area contributed by atoms with Crippen molar-refractivity contribution in [2.45, 2.75) is 26.4 Å². The molecule has 0 aromatic heterocycles. The lowest BCUT2D eigenvalue weighted by molar-refractivity contribution is 0.226. The van der Waals surface area contributed by atoms with E-state index in [0.717, 1.165) is 11.5 Å². The van der Waals surface area contributed by atoms with Crippen LogP contribution < -0.4 is 9.47 Å². The summed E-state index contributed by atoms with van der Waals surface area (Å²) in [5.41, 5.74) is 0. The molecule has 0 bridgehead atoms. The minimum absolute atomic E-state index is 0.0760. The van der Waals surface area contributed by atoms with Crippen LogP contribution in [0.3, 0.4) is 0 Å². The van der Waals surface area contributed by atoms with Gasteiger partial charge in [0.25, 0.3) is 0 Å². The second-order valence-electron chi connectivity index (χ2n) is 3.20. The minimum Gasteiger partial charge on any atom is -0.494 e. The lowest BCUT2D eigenvalue weighted by Gasteiger charge is -2.11. The van der Waals surface area contributed by atoms with E-state index in [0.29, 0.717) is 13.0 Å². The van der Waals surface area contributed by atoms with Crippen LogP contribution in [-0.4, -0.2) is 12.7 Å². The second-order valence-corrected chi connectivity index (χ2v) is 3.20. The number of hydrogen-bond donors (Lipinski definition) is 0. The molecule has 0 fully saturated rings. The highest BCUT2D eigenvalue weighted by Crippen LogP contribution is 2.18. The molecular formula is C12H15NO2. The summed E-state index contributed by atoms with van der Waals surface area (Å²) in [5.74, 6) is 1.60. The Bertz CT molecular complexity index is 326. The van der Waals surface area contributed by atoms with Crippen molar-refractivity contribution in [2.24, 2.45) is 0 Å². The van der Waals surface area contributed by atoms with Crippen LogP contribution in [0.1, 0.15) is 20.3 Å². The molecule has 0 N–H and O–H groups in total. The molecule has 1 aromatic rings. The monoisotopic (exact) mass is 205 g/mol. The van der Waals surface area contributed by atoms with Crippen LogP contribution >= 0.6 is 0 Å². The maximum absolute atomic E-state index is 8.48. The van der Waals surface area contributed by atoms with Crippen molar-refractivity contribution in [2.75, 3.05) is 6.61 Å². The van der Waals surface area contributed by atoms with Gasteiger partial charge in [0.2, 0.25) is 0 Å². The van der Waals surface area contributed by atoms with E-state index in [1.165, 1.54) is 0 Å². The van der Waals surface area contributed by atoms with Crippen LogP contribution in [-0.2, 0) is 0 Å². The van der Waals surface area contributed by atoms with E-state index in [9.17, 15) is 0 Å². The summed E-state index contributed by atoms with van der Waals surface area (Å²) in [5, 5.41) is 8.48. The number of hydrogen-bond acceptors (Lipinski definition) is 3. The number of ether oxygens (including phenoxy) is 2. The first-order valence-electron chi connectivity index (χ1n) is 5.02. The first-order chi connectivity index (χ1) is 7.26. The highest BCUT2D eigenvalue weighted by Gasteiger charge is 2.02. The normalized spacial score (nSPS) is 11.5. The van der Waals surface area contributed by atoms with E-state index in [1.807, 2.05) is 38.1 Å².